The van der Waals surface area contributed by atoms with Gasteiger partial charge in [0.25, 0.3) is 0 Å². The summed E-state index contributed by atoms with van der Waals surface area (Å²) in [4.78, 5) is 12.1. The topological polar surface area (TPSA) is 46.5 Å². The summed E-state index contributed by atoms with van der Waals surface area (Å²) in [6.45, 7) is -0.334. The number of aliphatic hydroxyl groups is 1. The lowest BCUT2D eigenvalue weighted by Crippen LogP contribution is -2.41. The summed E-state index contributed by atoms with van der Waals surface area (Å²) in [6, 6.07) is 1.69. The van der Waals surface area contributed by atoms with Crippen LogP contribution in [0.15, 0.2) is 12.1 Å². The minimum absolute atomic E-state index is 0.240. The van der Waals surface area contributed by atoms with Gasteiger partial charge in [0.15, 0.2) is 17.3 Å². The molecule has 1 aromatic rings. The van der Waals surface area contributed by atoms with Gasteiger partial charge in [0.2, 0.25) is 0 Å². The Morgan fingerprint density at radius 2 is 2.06 bits per heavy atom. The Bertz CT molecular complexity index is 476. The molecule has 98 valence electrons. The zero-order chi connectivity index (χ0) is 13.3. The average Bonchev–Trinajstić information content (AvgIpc) is 2.30. The molecule has 0 heterocycles. The molecule has 0 spiro atoms. The first kappa shape index (κ1) is 13.0. The zero-order valence-corrected chi connectivity index (χ0v) is 10.0. The summed E-state index contributed by atoms with van der Waals surface area (Å²) in [5.41, 5.74) is -1.25. The van der Waals surface area contributed by atoms with Crippen molar-refractivity contribution in [2.45, 2.75) is 19.3 Å². The molecule has 0 aliphatic heterocycles. The van der Waals surface area contributed by atoms with E-state index in [9.17, 15) is 18.7 Å². The van der Waals surface area contributed by atoms with Crippen LogP contribution in [0.1, 0.15) is 29.6 Å². The highest BCUT2D eigenvalue weighted by Crippen LogP contribution is 2.43. The standard InChI is InChI=1S/C13H14F2O3/c1-18-11-6-9(14)8(5-10(11)15)12(17)13(7-16)3-2-4-13/h5-6,16H,2-4,7H2,1H3. The third-order valence-corrected chi connectivity index (χ3v) is 3.58. The van der Waals surface area contributed by atoms with Crippen LogP contribution in [-0.2, 0) is 0 Å². The molecule has 0 bridgehead atoms. The molecule has 18 heavy (non-hydrogen) atoms. The molecule has 0 aromatic heterocycles. The van der Waals surface area contributed by atoms with Crippen LogP contribution in [0.4, 0.5) is 8.78 Å². The molecule has 0 unspecified atom stereocenters. The molecule has 2 rings (SSSR count). The minimum atomic E-state index is -0.929. The number of carbonyl (C=O) groups is 1. The first-order valence-corrected chi connectivity index (χ1v) is 5.73. The summed E-state index contributed by atoms with van der Waals surface area (Å²) in [5, 5.41) is 9.27. The van der Waals surface area contributed by atoms with Gasteiger partial charge >= 0.3 is 0 Å². The number of ether oxygens (including phenoxy) is 1. The van der Waals surface area contributed by atoms with Crippen LogP contribution in [0.5, 0.6) is 5.75 Å². The number of halogens is 2. The van der Waals surface area contributed by atoms with E-state index in [4.69, 9.17) is 0 Å². The number of carbonyl (C=O) groups excluding carboxylic acids is 1. The van der Waals surface area contributed by atoms with Gasteiger partial charge in [-0.15, -0.1) is 0 Å². The average molecular weight is 256 g/mol. The maximum atomic E-state index is 13.7. The van der Waals surface area contributed by atoms with Gasteiger partial charge in [0.05, 0.1) is 24.7 Å². The van der Waals surface area contributed by atoms with E-state index >= 15 is 0 Å². The van der Waals surface area contributed by atoms with Crippen LogP contribution < -0.4 is 4.74 Å². The van der Waals surface area contributed by atoms with Crippen molar-refractivity contribution in [2.75, 3.05) is 13.7 Å². The predicted octanol–water partition coefficient (Wildman–Crippen LogP) is 2.32. The van der Waals surface area contributed by atoms with E-state index in [0.717, 1.165) is 18.6 Å². The SMILES string of the molecule is COc1cc(F)c(C(=O)C2(CO)CCC2)cc1F. The third-order valence-electron chi connectivity index (χ3n) is 3.58. The third kappa shape index (κ3) is 1.88. The van der Waals surface area contributed by atoms with Crippen molar-refractivity contribution in [2.24, 2.45) is 5.41 Å². The zero-order valence-electron chi connectivity index (χ0n) is 10.0. The first-order valence-electron chi connectivity index (χ1n) is 5.73. The van der Waals surface area contributed by atoms with Crippen molar-refractivity contribution in [3.8, 4) is 5.75 Å². The maximum absolute atomic E-state index is 13.7. The fraction of sp³-hybridized carbons (Fsp3) is 0.462. The summed E-state index contributed by atoms with van der Waals surface area (Å²) in [7, 11) is 1.22. The number of methoxy groups -OCH3 is 1. The van der Waals surface area contributed by atoms with E-state index in [1.54, 1.807) is 0 Å². The molecule has 5 heteroatoms. The second kappa shape index (κ2) is 4.65. The van der Waals surface area contributed by atoms with E-state index in [-0.39, 0.29) is 17.9 Å². The van der Waals surface area contributed by atoms with Crippen LogP contribution >= 0.6 is 0 Å². The fourth-order valence-corrected chi connectivity index (χ4v) is 2.21. The van der Waals surface area contributed by atoms with Crippen molar-refractivity contribution in [3.05, 3.63) is 29.3 Å². The number of benzene rings is 1. The quantitative estimate of drug-likeness (QED) is 0.841. The van der Waals surface area contributed by atoms with Gasteiger partial charge in [-0.2, -0.15) is 0 Å². The molecule has 1 aliphatic carbocycles. The van der Waals surface area contributed by atoms with Crippen molar-refractivity contribution < 1.29 is 23.4 Å². The molecular weight excluding hydrogens is 242 g/mol. The van der Waals surface area contributed by atoms with Gasteiger partial charge < -0.3 is 9.84 Å². The largest absolute Gasteiger partial charge is 0.494 e. The lowest BCUT2D eigenvalue weighted by atomic mass is 9.65. The van der Waals surface area contributed by atoms with Crippen LogP contribution in [-0.4, -0.2) is 24.6 Å². The normalized spacial score (nSPS) is 17.1. The van der Waals surface area contributed by atoms with Gasteiger partial charge in [-0.25, -0.2) is 8.78 Å². The Kier molecular flexibility index (Phi) is 3.34. The van der Waals surface area contributed by atoms with Crippen molar-refractivity contribution >= 4 is 5.78 Å². The fourth-order valence-electron chi connectivity index (χ4n) is 2.21. The summed E-state index contributed by atoms with van der Waals surface area (Å²) >= 11 is 0. The van der Waals surface area contributed by atoms with E-state index in [1.807, 2.05) is 0 Å². The molecule has 1 saturated carbocycles. The number of hydrogen-bond acceptors (Lipinski definition) is 3. The highest BCUT2D eigenvalue weighted by Gasteiger charge is 2.44. The minimum Gasteiger partial charge on any atom is -0.494 e. The van der Waals surface area contributed by atoms with Crippen molar-refractivity contribution in [3.63, 3.8) is 0 Å². The lowest BCUT2D eigenvalue weighted by molar-refractivity contribution is 0.0343. The molecule has 0 amide bonds. The Morgan fingerprint density at radius 1 is 1.39 bits per heavy atom. The number of ketones is 1. The molecule has 0 saturated heterocycles. The van der Waals surface area contributed by atoms with Crippen LogP contribution in [0.3, 0.4) is 0 Å². The molecular formula is C13H14F2O3. The van der Waals surface area contributed by atoms with Crippen LogP contribution in [0.2, 0.25) is 0 Å². The Hall–Kier alpha value is -1.49. The Balaban J connectivity index is 2.39. The van der Waals surface area contributed by atoms with Crippen molar-refractivity contribution in [1.29, 1.82) is 0 Å². The van der Waals surface area contributed by atoms with Gasteiger partial charge in [-0.1, -0.05) is 6.42 Å². The molecule has 1 aromatic carbocycles. The van der Waals surface area contributed by atoms with E-state index in [0.29, 0.717) is 12.8 Å². The van der Waals surface area contributed by atoms with Crippen LogP contribution in [0, 0.1) is 17.0 Å². The number of rotatable bonds is 4. The first-order chi connectivity index (χ1) is 8.54. The maximum Gasteiger partial charge on any atom is 0.174 e. The molecule has 1 aliphatic rings. The van der Waals surface area contributed by atoms with Gasteiger partial charge in [-0.05, 0) is 18.9 Å². The molecule has 1 fully saturated rings. The number of hydrogen-bond donors (Lipinski definition) is 1. The summed E-state index contributed by atoms with van der Waals surface area (Å²) in [6.07, 6.45) is 1.83. The monoisotopic (exact) mass is 256 g/mol. The second-order valence-corrected chi connectivity index (χ2v) is 4.59. The molecule has 3 nitrogen and oxygen atoms in total. The summed E-state index contributed by atoms with van der Waals surface area (Å²) in [5.74, 6) is -2.38. The predicted molar refractivity (Wildman–Crippen MR) is 60.6 cm³/mol. The smallest absolute Gasteiger partial charge is 0.174 e. The molecule has 0 atom stereocenters. The molecule has 0 radical (unpaired) electrons. The Morgan fingerprint density at radius 3 is 2.50 bits per heavy atom. The van der Waals surface area contributed by atoms with E-state index < -0.39 is 22.8 Å². The number of Topliss-reactive ketones (excluding diaryl/α,β-unsaturated/α-hetero) is 1. The highest BCUT2D eigenvalue weighted by molar-refractivity contribution is 6.01. The van der Waals surface area contributed by atoms with Crippen LogP contribution in [0.25, 0.3) is 0 Å². The Labute approximate surface area is 103 Å². The second-order valence-electron chi connectivity index (χ2n) is 4.59. The van der Waals surface area contributed by atoms with Gasteiger partial charge in [0.1, 0.15) is 5.82 Å². The van der Waals surface area contributed by atoms with Crippen molar-refractivity contribution in [1.82, 2.24) is 0 Å². The highest BCUT2D eigenvalue weighted by atomic mass is 19.1. The molecule has 1 N–H and O–H groups in total. The van der Waals surface area contributed by atoms with E-state index in [1.165, 1.54) is 7.11 Å². The van der Waals surface area contributed by atoms with Gasteiger partial charge in [0, 0.05) is 6.07 Å². The van der Waals surface area contributed by atoms with Gasteiger partial charge in [-0.3, -0.25) is 4.79 Å². The summed E-state index contributed by atoms with van der Waals surface area (Å²) < 4.78 is 31.9. The number of aliphatic hydroxyl groups excluding tert-OH is 1. The lowest BCUT2D eigenvalue weighted by Gasteiger charge is -2.38. The van der Waals surface area contributed by atoms with E-state index in [2.05, 4.69) is 4.74 Å².